The number of halogens is 1. The summed E-state index contributed by atoms with van der Waals surface area (Å²) in [5.41, 5.74) is 6.95. The van der Waals surface area contributed by atoms with Crippen LogP contribution in [0.25, 0.3) is 28.0 Å². The minimum absolute atomic E-state index is 0.411. The van der Waals surface area contributed by atoms with E-state index in [0.29, 0.717) is 11.6 Å². The molecule has 0 saturated carbocycles. The van der Waals surface area contributed by atoms with Crippen molar-refractivity contribution in [2.45, 2.75) is 13.5 Å². The first-order valence-corrected chi connectivity index (χ1v) is 8.73. The summed E-state index contributed by atoms with van der Waals surface area (Å²) in [5.74, 6) is 0. The zero-order chi connectivity index (χ0) is 18.1. The molecule has 0 fully saturated rings. The van der Waals surface area contributed by atoms with Gasteiger partial charge in [0.2, 0.25) is 0 Å². The SMILES string of the molecule is COCc1nn2c(-c3ccc(C)cc3)ccnc2c1-c1ccc(Cl)cc1. The van der Waals surface area contributed by atoms with Gasteiger partial charge in [0.25, 0.3) is 0 Å². The number of hydrogen-bond donors (Lipinski definition) is 0. The smallest absolute Gasteiger partial charge is 0.163 e. The Hall–Kier alpha value is -2.69. The minimum Gasteiger partial charge on any atom is -0.378 e. The van der Waals surface area contributed by atoms with Crippen molar-refractivity contribution in [1.29, 1.82) is 0 Å². The quantitative estimate of drug-likeness (QED) is 0.502. The summed E-state index contributed by atoms with van der Waals surface area (Å²) in [4.78, 5) is 4.60. The van der Waals surface area contributed by atoms with E-state index in [-0.39, 0.29) is 0 Å². The highest BCUT2D eigenvalue weighted by Gasteiger charge is 2.18. The second-order valence-electron chi connectivity index (χ2n) is 6.19. The van der Waals surface area contributed by atoms with Gasteiger partial charge in [-0.3, -0.25) is 0 Å². The Morgan fingerprint density at radius 2 is 1.65 bits per heavy atom. The van der Waals surface area contributed by atoms with Crippen LogP contribution >= 0.6 is 11.6 Å². The van der Waals surface area contributed by atoms with Crippen LogP contribution in [0, 0.1) is 6.92 Å². The fraction of sp³-hybridized carbons (Fsp3) is 0.143. The van der Waals surface area contributed by atoms with Crippen molar-refractivity contribution in [3.8, 4) is 22.4 Å². The van der Waals surface area contributed by atoms with E-state index in [0.717, 1.165) is 33.7 Å². The van der Waals surface area contributed by atoms with Crippen molar-refractivity contribution in [3.05, 3.63) is 77.1 Å². The van der Waals surface area contributed by atoms with Crippen LogP contribution in [0.5, 0.6) is 0 Å². The van der Waals surface area contributed by atoms with E-state index < -0.39 is 0 Å². The lowest BCUT2D eigenvalue weighted by Crippen LogP contribution is -1.96. The molecule has 0 aliphatic heterocycles. The second kappa shape index (κ2) is 6.90. The Morgan fingerprint density at radius 3 is 2.35 bits per heavy atom. The summed E-state index contributed by atoms with van der Waals surface area (Å²) in [6.45, 7) is 2.49. The largest absolute Gasteiger partial charge is 0.378 e. The number of methoxy groups -OCH3 is 1. The Morgan fingerprint density at radius 1 is 0.962 bits per heavy atom. The van der Waals surface area contributed by atoms with Gasteiger partial charge in [0.15, 0.2) is 5.65 Å². The first kappa shape index (κ1) is 16.8. The molecule has 0 unspecified atom stereocenters. The summed E-state index contributed by atoms with van der Waals surface area (Å²) in [6.07, 6.45) is 1.82. The number of benzene rings is 2. The number of aromatic nitrogens is 3. The number of ether oxygens (including phenoxy) is 1. The first-order chi connectivity index (χ1) is 12.7. The van der Waals surface area contributed by atoms with E-state index >= 15 is 0 Å². The fourth-order valence-corrected chi connectivity index (χ4v) is 3.21. The van der Waals surface area contributed by atoms with E-state index in [9.17, 15) is 0 Å². The van der Waals surface area contributed by atoms with Crippen LogP contribution in [-0.4, -0.2) is 21.7 Å². The summed E-state index contributed by atoms with van der Waals surface area (Å²) >= 11 is 6.05. The third-order valence-electron chi connectivity index (χ3n) is 4.35. The van der Waals surface area contributed by atoms with Crippen LogP contribution in [0.2, 0.25) is 5.02 Å². The van der Waals surface area contributed by atoms with Gasteiger partial charge in [-0.2, -0.15) is 5.10 Å². The molecule has 0 aliphatic rings. The summed E-state index contributed by atoms with van der Waals surface area (Å²) in [7, 11) is 1.67. The average Bonchev–Trinajstić information content (AvgIpc) is 3.02. The molecule has 130 valence electrons. The van der Waals surface area contributed by atoms with Crippen molar-refractivity contribution in [2.75, 3.05) is 7.11 Å². The highest BCUT2D eigenvalue weighted by molar-refractivity contribution is 6.30. The number of fused-ring (bicyclic) bond motifs is 1. The molecule has 0 radical (unpaired) electrons. The zero-order valence-corrected chi connectivity index (χ0v) is 15.4. The van der Waals surface area contributed by atoms with Crippen molar-refractivity contribution in [1.82, 2.24) is 14.6 Å². The molecule has 0 aliphatic carbocycles. The van der Waals surface area contributed by atoms with Crippen molar-refractivity contribution < 1.29 is 4.74 Å². The topological polar surface area (TPSA) is 39.4 Å². The van der Waals surface area contributed by atoms with E-state index in [1.165, 1.54) is 5.56 Å². The number of aryl methyl sites for hydroxylation is 1. The average molecular weight is 364 g/mol. The summed E-state index contributed by atoms with van der Waals surface area (Å²) in [5, 5.41) is 5.50. The maximum absolute atomic E-state index is 6.05. The lowest BCUT2D eigenvalue weighted by atomic mass is 10.1. The van der Waals surface area contributed by atoms with Gasteiger partial charge in [0.05, 0.1) is 23.6 Å². The molecule has 5 heteroatoms. The number of rotatable bonds is 4. The third kappa shape index (κ3) is 2.98. The van der Waals surface area contributed by atoms with Crippen LogP contribution in [0.3, 0.4) is 0 Å². The number of hydrogen-bond acceptors (Lipinski definition) is 3. The van der Waals surface area contributed by atoms with Crippen molar-refractivity contribution in [2.24, 2.45) is 0 Å². The van der Waals surface area contributed by atoms with Gasteiger partial charge >= 0.3 is 0 Å². The van der Waals surface area contributed by atoms with E-state index in [1.807, 2.05) is 41.0 Å². The highest BCUT2D eigenvalue weighted by Crippen LogP contribution is 2.31. The maximum Gasteiger partial charge on any atom is 0.163 e. The maximum atomic E-state index is 6.05. The van der Waals surface area contributed by atoms with Gasteiger partial charge in [-0.25, -0.2) is 9.50 Å². The standard InChI is InChI=1S/C21H18ClN3O/c1-14-3-5-15(6-4-14)19-11-12-23-21-20(16-7-9-17(22)10-8-16)18(13-26-2)24-25(19)21/h3-12H,13H2,1-2H3. The molecule has 26 heavy (non-hydrogen) atoms. The van der Waals surface area contributed by atoms with Gasteiger partial charge < -0.3 is 4.74 Å². The predicted molar refractivity (Wildman–Crippen MR) is 104 cm³/mol. The molecule has 4 aromatic rings. The lowest BCUT2D eigenvalue weighted by Gasteiger charge is -2.06. The van der Waals surface area contributed by atoms with E-state index in [1.54, 1.807) is 7.11 Å². The molecule has 2 aromatic heterocycles. The van der Waals surface area contributed by atoms with E-state index in [2.05, 4.69) is 36.2 Å². The van der Waals surface area contributed by atoms with Crippen LogP contribution in [-0.2, 0) is 11.3 Å². The Kier molecular flexibility index (Phi) is 4.45. The normalized spacial score (nSPS) is 11.2. The molecule has 0 saturated heterocycles. The Balaban J connectivity index is 1.96. The highest BCUT2D eigenvalue weighted by atomic mass is 35.5. The van der Waals surface area contributed by atoms with Gasteiger partial charge in [0, 0.05) is 23.9 Å². The van der Waals surface area contributed by atoms with Crippen LogP contribution in [0.1, 0.15) is 11.3 Å². The molecule has 4 nitrogen and oxygen atoms in total. The monoisotopic (exact) mass is 363 g/mol. The molecular formula is C21H18ClN3O. The van der Waals surface area contributed by atoms with Crippen LogP contribution in [0.15, 0.2) is 60.8 Å². The summed E-state index contributed by atoms with van der Waals surface area (Å²) < 4.78 is 7.27. The molecule has 0 spiro atoms. The number of nitrogens with zero attached hydrogens (tertiary/aromatic N) is 3. The molecule has 4 rings (SSSR count). The predicted octanol–water partition coefficient (Wildman–Crippen LogP) is 5.17. The second-order valence-corrected chi connectivity index (χ2v) is 6.63. The van der Waals surface area contributed by atoms with Crippen LogP contribution < -0.4 is 0 Å². The van der Waals surface area contributed by atoms with Gasteiger partial charge in [-0.05, 0) is 30.7 Å². The molecule has 0 N–H and O–H groups in total. The van der Waals surface area contributed by atoms with Gasteiger partial charge in [-0.1, -0.05) is 53.6 Å². The molecular weight excluding hydrogens is 346 g/mol. The zero-order valence-electron chi connectivity index (χ0n) is 14.6. The molecule has 0 atom stereocenters. The van der Waals surface area contributed by atoms with Gasteiger partial charge in [0.1, 0.15) is 0 Å². The molecule has 0 amide bonds. The molecule has 2 heterocycles. The molecule has 0 bridgehead atoms. The van der Waals surface area contributed by atoms with E-state index in [4.69, 9.17) is 21.4 Å². The minimum atomic E-state index is 0.411. The summed E-state index contributed by atoms with van der Waals surface area (Å²) in [6, 6.07) is 18.1. The van der Waals surface area contributed by atoms with Gasteiger partial charge in [-0.15, -0.1) is 0 Å². The molecule has 2 aromatic carbocycles. The first-order valence-electron chi connectivity index (χ1n) is 8.36. The fourth-order valence-electron chi connectivity index (χ4n) is 3.08. The van der Waals surface area contributed by atoms with Crippen molar-refractivity contribution in [3.63, 3.8) is 0 Å². The Bertz CT molecular complexity index is 1050. The van der Waals surface area contributed by atoms with Crippen LogP contribution in [0.4, 0.5) is 0 Å². The lowest BCUT2D eigenvalue weighted by molar-refractivity contribution is 0.181. The Labute approximate surface area is 157 Å². The van der Waals surface area contributed by atoms with Crippen molar-refractivity contribution >= 4 is 17.2 Å². The third-order valence-corrected chi connectivity index (χ3v) is 4.60.